The summed E-state index contributed by atoms with van der Waals surface area (Å²) in [5.41, 5.74) is 5.06. The van der Waals surface area contributed by atoms with Gasteiger partial charge in [-0.3, -0.25) is 9.36 Å². The summed E-state index contributed by atoms with van der Waals surface area (Å²) in [5, 5.41) is 9.01. The van der Waals surface area contributed by atoms with Crippen molar-refractivity contribution >= 4 is 17.5 Å². The van der Waals surface area contributed by atoms with Crippen molar-refractivity contribution in [2.24, 2.45) is 0 Å². The predicted molar refractivity (Wildman–Crippen MR) is 106 cm³/mol. The third-order valence-electron chi connectivity index (χ3n) is 4.36. The van der Waals surface area contributed by atoms with Crippen LogP contribution in [0, 0.1) is 27.7 Å². The lowest BCUT2D eigenvalue weighted by molar-refractivity contribution is 0.0993. The highest BCUT2D eigenvalue weighted by molar-refractivity contribution is 8.00. The number of hydrogen-bond donors (Lipinski definition) is 0. The molecule has 1 aromatic heterocycles. The SMILES string of the molecule is Cc1cccc(-n2c(C)nnc2SC(C)C(=O)c2cc(C)ccc2C)c1. The van der Waals surface area contributed by atoms with E-state index >= 15 is 0 Å². The second-order valence-electron chi connectivity index (χ2n) is 6.65. The Morgan fingerprint density at radius 2 is 1.73 bits per heavy atom. The predicted octanol–water partition coefficient (Wildman–Crippen LogP) is 4.86. The second kappa shape index (κ2) is 7.46. The number of ketones is 1. The van der Waals surface area contributed by atoms with Gasteiger partial charge < -0.3 is 0 Å². The number of benzene rings is 2. The molecule has 0 aliphatic carbocycles. The molecule has 4 nitrogen and oxygen atoms in total. The molecule has 0 amide bonds. The van der Waals surface area contributed by atoms with Crippen molar-refractivity contribution in [2.75, 3.05) is 0 Å². The summed E-state index contributed by atoms with van der Waals surface area (Å²) in [6, 6.07) is 14.2. The van der Waals surface area contributed by atoms with E-state index in [0.717, 1.165) is 33.4 Å². The van der Waals surface area contributed by atoms with Crippen LogP contribution in [0.2, 0.25) is 0 Å². The van der Waals surface area contributed by atoms with Crippen molar-refractivity contribution in [2.45, 2.75) is 45.0 Å². The first-order valence-electron chi connectivity index (χ1n) is 8.64. The fourth-order valence-electron chi connectivity index (χ4n) is 2.92. The molecule has 0 radical (unpaired) electrons. The van der Waals surface area contributed by atoms with E-state index in [1.807, 2.05) is 62.6 Å². The highest BCUT2D eigenvalue weighted by Crippen LogP contribution is 2.28. The summed E-state index contributed by atoms with van der Waals surface area (Å²) in [7, 11) is 0. The molecular weight excluding hydrogens is 342 g/mol. The Morgan fingerprint density at radius 3 is 2.46 bits per heavy atom. The van der Waals surface area contributed by atoms with Gasteiger partial charge >= 0.3 is 0 Å². The van der Waals surface area contributed by atoms with Crippen LogP contribution >= 0.6 is 11.8 Å². The average Bonchev–Trinajstić information content (AvgIpc) is 2.96. The molecule has 5 heteroatoms. The zero-order valence-corrected chi connectivity index (χ0v) is 16.6. The summed E-state index contributed by atoms with van der Waals surface area (Å²) in [6.45, 7) is 9.90. The van der Waals surface area contributed by atoms with Gasteiger partial charge in [0.25, 0.3) is 0 Å². The van der Waals surface area contributed by atoms with Gasteiger partial charge in [0.05, 0.1) is 5.25 Å². The quantitative estimate of drug-likeness (QED) is 0.478. The summed E-state index contributed by atoms with van der Waals surface area (Å²) >= 11 is 1.45. The van der Waals surface area contributed by atoms with Gasteiger partial charge in [-0.15, -0.1) is 10.2 Å². The zero-order chi connectivity index (χ0) is 18.8. The molecular formula is C21H23N3OS. The van der Waals surface area contributed by atoms with Crippen LogP contribution in [0.5, 0.6) is 0 Å². The molecule has 0 fully saturated rings. The number of aryl methyl sites for hydroxylation is 4. The van der Waals surface area contributed by atoms with Gasteiger partial charge in [0, 0.05) is 11.3 Å². The minimum absolute atomic E-state index is 0.118. The normalized spacial score (nSPS) is 12.2. The number of carbonyl (C=O) groups is 1. The molecule has 1 heterocycles. The molecule has 134 valence electrons. The maximum absolute atomic E-state index is 13.0. The molecule has 2 aromatic carbocycles. The average molecular weight is 366 g/mol. The Bertz CT molecular complexity index is 962. The van der Waals surface area contributed by atoms with Crippen LogP contribution in [-0.4, -0.2) is 25.8 Å². The zero-order valence-electron chi connectivity index (χ0n) is 15.8. The van der Waals surface area contributed by atoms with E-state index in [-0.39, 0.29) is 11.0 Å². The van der Waals surface area contributed by atoms with Gasteiger partial charge in [-0.2, -0.15) is 0 Å². The Hall–Kier alpha value is -2.40. The van der Waals surface area contributed by atoms with Crippen molar-refractivity contribution in [3.05, 3.63) is 70.5 Å². The van der Waals surface area contributed by atoms with E-state index in [0.29, 0.717) is 0 Å². The minimum Gasteiger partial charge on any atom is -0.293 e. The van der Waals surface area contributed by atoms with Gasteiger partial charge in [0.15, 0.2) is 10.9 Å². The van der Waals surface area contributed by atoms with Crippen LogP contribution in [0.25, 0.3) is 5.69 Å². The summed E-state index contributed by atoms with van der Waals surface area (Å²) in [5.74, 6) is 0.928. The molecule has 0 aliphatic rings. The van der Waals surface area contributed by atoms with E-state index in [1.54, 1.807) is 0 Å². The van der Waals surface area contributed by atoms with Gasteiger partial charge in [0.2, 0.25) is 0 Å². The molecule has 1 atom stereocenters. The van der Waals surface area contributed by atoms with Crippen molar-refractivity contribution in [1.29, 1.82) is 0 Å². The maximum atomic E-state index is 13.0. The Kier molecular flexibility index (Phi) is 5.28. The molecule has 0 bridgehead atoms. The van der Waals surface area contributed by atoms with Crippen molar-refractivity contribution in [3.8, 4) is 5.69 Å². The molecule has 1 unspecified atom stereocenters. The molecule has 0 saturated heterocycles. The van der Waals surface area contributed by atoms with Crippen molar-refractivity contribution in [3.63, 3.8) is 0 Å². The van der Waals surface area contributed by atoms with Gasteiger partial charge in [-0.25, -0.2) is 0 Å². The molecule has 0 N–H and O–H groups in total. The first-order valence-corrected chi connectivity index (χ1v) is 9.52. The number of thioether (sulfide) groups is 1. The molecule has 26 heavy (non-hydrogen) atoms. The number of aromatic nitrogens is 3. The number of hydrogen-bond acceptors (Lipinski definition) is 4. The fraction of sp³-hybridized carbons (Fsp3) is 0.286. The first-order chi connectivity index (χ1) is 12.4. The summed E-state index contributed by atoms with van der Waals surface area (Å²) < 4.78 is 2.00. The van der Waals surface area contributed by atoms with Crippen molar-refractivity contribution < 1.29 is 4.79 Å². The van der Waals surface area contributed by atoms with E-state index in [4.69, 9.17) is 0 Å². The molecule has 0 spiro atoms. The lowest BCUT2D eigenvalue weighted by atomic mass is 10.0. The lowest BCUT2D eigenvalue weighted by Crippen LogP contribution is -2.16. The van der Waals surface area contributed by atoms with Crippen LogP contribution < -0.4 is 0 Å². The van der Waals surface area contributed by atoms with Crippen LogP contribution in [-0.2, 0) is 0 Å². The highest BCUT2D eigenvalue weighted by atomic mass is 32.2. The molecule has 0 saturated carbocycles. The Morgan fingerprint density at radius 1 is 1.00 bits per heavy atom. The van der Waals surface area contributed by atoms with E-state index in [9.17, 15) is 4.79 Å². The lowest BCUT2D eigenvalue weighted by Gasteiger charge is -2.14. The Balaban J connectivity index is 1.90. The largest absolute Gasteiger partial charge is 0.293 e. The number of Topliss-reactive ketones (excluding diaryl/α,β-unsaturated/α-hetero) is 1. The highest BCUT2D eigenvalue weighted by Gasteiger charge is 2.22. The minimum atomic E-state index is -0.248. The Labute approximate surface area is 158 Å². The monoisotopic (exact) mass is 365 g/mol. The molecule has 3 rings (SSSR count). The number of carbonyl (C=O) groups excluding carboxylic acids is 1. The molecule has 3 aromatic rings. The van der Waals surface area contributed by atoms with Crippen LogP contribution in [0.15, 0.2) is 47.6 Å². The standard InChI is InChI=1S/C21H23N3OS/c1-13-7-6-8-18(11-13)24-17(5)22-23-21(24)26-16(4)20(25)19-12-14(2)9-10-15(19)3/h6-12,16H,1-5H3. The van der Waals surface area contributed by atoms with Crippen molar-refractivity contribution in [1.82, 2.24) is 14.8 Å². The van der Waals surface area contributed by atoms with E-state index < -0.39 is 0 Å². The number of nitrogens with zero attached hydrogens (tertiary/aromatic N) is 3. The number of rotatable bonds is 5. The maximum Gasteiger partial charge on any atom is 0.196 e. The van der Waals surface area contributed by atoms with Gasteiger partial charge in [-0.05, 0) is 63.9 Å². The van der Waals surface area contributed by atoms with Gasteiger partial charge in [-0.1, -0.05) is 41.6 Å². The topological polar surface area (TPSA) is 47.8 Å². The van der Waals surface area contributed by atoms with E-state index in [1.165, 1.54) is 17.3 Å². The summed E-state index contributed by atoms with van der Waals surface area (Å²) in [6.07, 6.45) is 0. The van der Waals surface area contributed by atoms with Crippen LogP contribution in [0.4, 0.5) is 0 Å². The fourth-order valence-corrected chi connectivity index (χ4v) is 3.90. The van der Waals surface area contributed by atoms with E-state index in [2.05, 4.69) is 29.3 Å². The van der Waals surface area contributed by atoms with Gasteiger partial charge in [0.1, 0.15) is 5.82 Å². The summed E-state index contributed by atoms with van der Waals surface area (Å²) in [4.78, 5) is 13.0. The molecule has 0 aliphatic heterocycles. The second-order valence-corrected chi connectivity index (χ2v) is 7.95. The third-order valence-corrected chi connectivity index (χ3v) is 5.41. The smallest absolute Gasteiger partial charge is 0.196 e. The first kappa shape index (κ1) is 18.4. The van der Waals surface area contributed by atoms with Crippen LogP contribution in [0.1, 0.15) is 39.8 Å². The third kappa shape index (κ3) is 3.73. The van der Waals surface area contributed by atoms with Crippen LogP contribution in [0.3, 0.4) is 0 Å².